The monoisotopic (exact) mass is 612 g/mol. The van der Waals surface area contributed by atoms with E-state index in [-0.39, 0.29) is 24.5 Å². The molecule has 0 saturated carbocycles. The summed E-state index contributed by atoms with van der Waals surface area (Å²) in [6, 6.07) is 9.29. The number of aliphatic carboxylic acids is 2. The standard InChI is InChI=1S/C31H36N2O9S/c1-17(30(36)37)8-23(34)28-13-19-10-22(24(40-3)14-27(19)43-28)32-6-5-7-42-26-12-21-16-33(15-20(21)11-25(26)41-4)29(35)9-18(2)31(38)39/h10-14,17-18,32H,5-9,15-16H2,1-4H3,(H,36,37)(H,38,39)/t17-,18-/m0/s1. The maximum atomic E-state index is 12.6. The summed E-state index contributed by atoms with van der Waals surface area (Å²) in [5, 5.41) is 22.5. The Hall–Kier alpha value is -4.32. The van der Waals surface area contributed by atoms with Crippen LogP contribution < -0.4 is 19.5 Å². The van der Waals surface area contributed by atoms with Crippen LogP contribution in [0, 0.1) is 11.8 Å². The van der Waals surface area contributed by atoms with Gasteiger partial charge in [0.1, 0.15) is 5.75 Å². The van der Waals surface area contributed by atoms with E-state index in [1.54, 1.807) is 25.2 Å². The smallest absolute Gasteiger partial charge is 0.306 e. The molecule has 4 rings (SSSR count). The number of carboxylic acids is 2. The number of methoxy groups -OCH3 is 2. The molecule has 1 aliphatic rings. The van der Waals surface area contributed by atoms with E-state index in [2.05, 4.69) is 5.32 Å². The average molecular weight is 613 g/mol. The number of ether oxygens (including phenoxy) is 3. The number of carboxylic acid groups (broad SMARTS) is 2. The van der Waals surface area contributed by atoms with Crippen molar-refractivity contribution in [3.05, 3.63) is 46.3 Å². The highest BCUT2D eigenvalue weighted by Gasteiger charge is 2.28. The van der Waals surface area contributed by atoms with E-state index >= 15 is 0 Å². The first-order chi connectivity index (χ1) is 20.5. The normalized spacial score (nSPS) is 13.7. The Balaban J connectivity index is 1.34. The summed E-state index contributed by atoms with van der Waals surface area (Å²) in [5.74, 6) is -2.12. The number of Topliss-reactive ketones (excluding diaryl/α,β-unsaturated/α-hetero) is 1. The number of ketones is 1. The van der Waals surface area contributed by atoms with Gasteiger partial charge in [-0.15, -0.1) is 11.3 Å². The van der Waals surface area contributed by atoms with Crippen LogP contribution in [0.3, 0.4) is 0 Å². The Morgan fingerprint density at radius 1 is 0.884 bits per heavy atom. The summed E-state index contributed by atoms with van der Waals surface area (Å²) in [7, 11) is 3.13. The third-order valence-corrected chi connectivity index (χ3v) is 8.52. The van der Waals surface area contributed by atoms with Crippen molar-refractivity contribution in [2.45, 2.75) is 46.2 Å². The van der Waals surface area contributed by atoms with Crippen LogP contribution in [-0.2, 0) is 27.5 Å². The van der Waals surface area contributed by atoms with Crippen molar-refractivity contribution in [1.29, 1.82) is 0 Å². The Morgan fingerprint density at radius 2 is 1.51 bits per heavy atom. The third kappa shape index (κ3) is 7.56. The first kappa shape index (κ1) is 31.6. The lowest BCUT2D eigenvalue weighted by Crippen LogP contribution is -2.28. The molecule has 0 bridgehead atoms. The van der Waals surface area contributed by atoms with E-state index in [0.29, 0.717) is 54.8 Å². The number of carbonyl (C=O) groups is 4. The Kier molecular flexibility index (Phi) is 10.1. The molecule has 1 aromatic heterocycles. The number of benzene rings is 2. The van der Waals surface area contributed by atoms with Crippen molar-refractivity contribution in [2.75, 3.05) is 32.7 Å². The molecule has 0 fully saturated rings. The van der Waals surface area contributed by atoms with Gasteiger partial charge in [-0.1, -0.05) is 13.8 Å². The van der Waals surface area contributed by atoms with Gasteiger partial charge in [0.15, 0.2) is 17.3 Å². The van der Waals surface area contributed by atoms with E-state index in [1.807, 2.05) is 24.3 Å². The van der Waals surface area contributed by atoms with Gasteiger partial charge in [0.05, 0.1) is 43.2 Å². The lowest BCUT2D eigenvalue weighted by atomic mass is 10.0. The minimum atomic E-state index is -0.996. The number of anilines is 1. The van der Waals surface area contributed by atoms with Gasteiger partial charge in [0, 0.05) is 43.2 Å². The molecular weight excluding hydrogens is 576 g/mol. The molecule has 11 nitrogen and oxygen atoms in total. The zero-order valence-corrected chi connectivity index (χ0v) is 25.4. The van der Waals surface area contributed by atoms with Gasteiger partial charge >= 0.3 is 11.9 Å². The molecule has 0 aliphatic carbocycles. The van der Waals surface area contributed by atoms with Gasteiger partial charge < -0.3 is 34.6 Å². The highest BCUT2D eigenvalue weighted by molar-refractivity contribution is 7.20. The van der Waals surface area contributed by atoms with E-state index in [4.69, 9.17) is 24.4 Å². The van der Waals surface area contributed by atoms with Crippen molar-refractivity contribution < 1.29 is 43.6 Å². The lowest BCUT2D eigenvalue weighted by molar-refractivity contribution is -0.145. The second-order valence-corrected chi connectivity index (χ2v) is 11.7. The summed E-state index contributed by atoms with van der Waals surface area (Å²) >= 11 is 1.32. The molecule has 0 spiro atoms. The van der Waals surface area contributed by atoms with Crippen molar-refractivity contribution in [2.24, 2.45) is 11.8 Å². The topological polar surface area (TPSA) is 152 Å². The number of carbonyl (C=O) groups excluding carboxylic acids is 2. The number of rotatable bonds is 15. The Labute approximate surface area is 253 Å². The molecule has 12 heteroatoms. The molecule has 0 saturated heterocycles. The third-order valence-electron chi connectivity index (χ3n) is 7.38. The number of hydrogen-bond acceptors (Lipinski definition) is 9. The molecule has 1 aliphatic heterocycles. The molecule has 1 amide bonds. The minimum absolute atomic E-state index is 0.0493. The first-order valence-corrected chi connectivity index (χ1v) is 14.8. The zero-order chi connectivity index (χ0) is 31.3. The zero-order valence-electron chi connectivity index (χ0n) is 24.6. The number of amides is 1. The van der Waals surface area contributed by atoms with Crippen LogP contribution >= 0.6 is 11.3 Å². The highest BCUT2D eigenvalue weighted by Crippen LogP contribution is 2.37. The fourth-order valence-corrected chi connectivity index (χ4v) is 5.81. The Morgan fingerprint density at radius 3 is 2.14 bits per heavy atom. The van der Waals surface area contributed by atoms with Crippen molar-refractivity contribution in [3.63, 3.8) is 0 Å². The van der Waals surface area contributed by atoms with Crippen molar-refractivity contribution in [3.8, 4) is 17.2 Å². The fraction of sp³-hybridized carbons (Fsp3) is 0.419. The maximum Gasteiger partial charge on any atom is 0.306 e. The van der Waals surface area contributed by atoms with Crippen LogP contribution in [0.15, 0.2) is 30.3 Å². The molecule has 3 aromatic rings. The van der Waals surface area contributed by atoms with Crippen molar-refractivity contribution in [1.82, 2.24) is 4.90 Å². The summed E-state index contributed by atoms with van der Waals surface area (Å²) in [5.41, 5.74) is 2.65. The molecule has 2 aromatic carbocycles. The van der Waals surface area contributed by atoms with Gasteiger partial charge in [-0.05, 0) is 47.2 Å². The summed E-state index contributed by atoms with van der Waals surface area (Å²) in [4.78, 5) is 49.6. The number of nitrogens with zero attached hydrogens (tertiary/aromatic N) is 1. The van der Waals surface area contributed by atoms with E-state index < -0.39 is 23.8 Å². The number of thiophene rings is 1. The van der Waals surface area contributed by atoms with Crippen LogP contribution in [0.4, 0.5) is 5.69 Å². The van der Waals surface area contributed by atoms with E-state index in [9.17, 15) is 19.2 Å². The van der Waals surface area contributed by atoms with Gasteiger partial charge in [0.2, 0.25) is 5.91 Å². The Bertz CT molecular complexity index is 1530. The molecule has 2 heterocycles. The molecule has 0 radical (unpaired) electrons. The molecule has 0 unspecified atom stereocenters. The molecule has 3 N–H and O–H groups in total. The fourth-order valence-electron chi connectivity index (χ4n) is 4.79. The van der Waals surface area contributed by atoms with Crippen molar-refractivity contribution >= 4 is 50.7 Å². The van der Waals surface area contributed by atoms with Crippen LogP contribution in [0.5, 0.6) is 17.2 Å². The summed E-state index contributed by atoms with van der Waals surface area (Å²) in [6.07, 6.45) is 0.549. The molecular formula is C31H36N2O9S. The SMILES string of the molecule is COc1cc2sc(C(=O)C[C@H](C)C(=O)O)cc2cc1NCCCOc1cc2c(cc1OC)CN(C(=O)C[C@H](C)C(=O)O)C2. The maximum absolute atomic E-state index is 12.6. The van der Waals surface area contributed by atoms with Gasteiger partial charge in [0.25, 0.3) is 0 Å². The molecule has 43 heavy (non-hydrogen) atoms. The number of fused-ring (bicyclic) bond motifs is 2. The quantitative estimate of drug-likeness (QED) is 0.157. The molecule has 2 atom stereocenters. The summed E-state index contributed by atoms with van der Waals surface area (Å²) < 4.78 is 18.0. The van der Waals surface area contributed by atoms with Gasteiger partial charge in [-0.2, -0.15) is 0 Å². The number of hydrogen-bond donors (Lipinski definition) is 3. The first-order valence-electron chi connectivity index (χ1n) is 13.9. The van der Waals surface area contributed by atoms with Crippen LogP contribution in [0.25, 0.3) is 10.1 Å². The lowest BCUT2D eigenvalue weighted by Gasteiger charge is -2.16. The number of nitrogens with one attached hydrogen (secondary N) is 1. The average Bonchev–Trinajstić information content (AvgIpc) is 3.59. The predicted octanol–water partition coefficient (Wildman–Crippen LogP) is 5.05. The van der Waals surface area contributed by atoms with Gasteiger partial charge in [-0.25, -0.2) is 0 Å². The van der Waals surface area contributed by atoms with Crippen LogP contribution in [-0.4, -0.2) is 66.1 Å². The van der Waals surface area contributed by atoms with E-state index in [0.717, 1.165) is 26.9 Å². The van der Waals surface area contributed by atoms with Crippen LogP contribution in [0.1, 0.15) is 53.9 Å². The van der Waals surface area contributed by atoms with Crippen LogP contribution in [0.2, 0.25) is 0 Å². The van der Waals surface area contributed by atoms with E-state index in [1.165, 1.54) is 25.2 Å². The molecule has 230 valence electrons. The van der Waals surface area contributed by atoms with Gasteiger partial charge in [-0.3, -0.25) is 19.2 Å². The largest absolute Gasteiger partial charge is 0.495 e. The second kappa shape index (κ2) is 13.8. The predicted molar refractivity (Wildman–Crippen MR) is 161 cm³/mol. The minimum Gasteiger partial charge on any atom is -0.495 e. The highest BCUT2D eigenvalue weighted by atomic mass is 32.1. The second-order valence-electron chi connectivity index (χ2n) is 10.7. The summed E-state index contributed by atoms with van der Waals surface area (Å²) in [6.45, 7) is 4.80.